The van der Waals surface area contributed by atoms with Gasteiger partial charge in [-0.15, -0.1) is 0 Å². The van der Waals surface area contributed by atoms with Crippen molar-refractivity contribution >= 4 is 30.9 Å². The molecule has 0 bridgehead atoms. The Hall–Kier alpha value is -0.813. The Kier molecular flexibility index (Phi) is 5.61. The highest BCUT2D eigenvalue weighted by Gasteiger charge is 2.41. The minimum Gasteiger partial charge on any atom is -0.465 e. The summed E-state index contributed by atoms with van der Waals surface area (Å²) in [4.78, 5) is 11.7. The van der Waals surface area contributed by atoms with Crippen LogP contribution >= 0.6 is 15.9 Å². The van der Waals surface area contributed by atoms with E-state index in [0.29, 0.717) is 10.9 Å². The largest absolute Gasteiger partial charge is 0.544 e. The van der Waals surface area contributed by atoms with E-state index in [-0.39, 0.29) is 11.0 Å². The topological polar surface area (TPSA) is 35.5 Å². The lowest BCUT2D eigenvalue weighted by Gasteiger charge is -2.15. The van der Waals surface area contributed by atoms with Crippen LogP contribution in [0.25, 0.3) is 0 Å². The minimum absolute atomic E-state index is 0.134. The van der Waals surface area contributed by atoms with E-state index in [1.165, 1.54) is 7.11 Å². The highest BCUT2D eigenvalue weighted by Crippen LogP contribution is 2.32. The lowest BCUT2D eigenvalue weighted by Crippen LogP contribution is -2.29. The van der Waals surface area contributed by atoms with Crippen LogP contribution in [0.1, 0.15) is 36.7 Å². The van der Waals surface area contributed by atoms with Crippen LogP contribution in [-0.4, -0.2) is 22.1 Å². The summed E-state index contributed by atoms with van der Waals surface area (Å²) in [5.74, 6) is 0.437. The molecule has 0 aliphatic rings. The van der Waals surface area contributed by atoms with E-state index in [1.807, 2.05) is 12.1 Å². The van der Waals surface area contributed by atoms with Crippen LogP contribution in [0.3, 0.4) is 0 Å². The monoisotopic (exact) mass is 343 g/mol. The zero-order chi connectivity index (χ0) is 14.6. The van der Waals surface area contributed by atoms with E-state index < -0.39 is 9.04 Å². The molecule has 0 fully saturated rings. The van der Waals surface area contributed by atoms with E-state index in [2.05, 4.69) is 43.2 Å². The quantitative estimate of drug-likeness (QED) is 0.467. The van der Waals surface area contributed by atoms with Gasteiger partial charge in [-0.05, 0) is 32.9 Å². The first-order valence-corrected chi connectivity index (χ1v) is 9.12. The molecule has 0 saturated carbocycles. The van der Waals surface area contributed by atoms with E-state index >= 15 is 0 Å². The van der Waals surface area contributed by atoms with Crippen molar-refractivity contribution in [3.8, 4) is 5.75 Å². The van der Waals surface area contributed by atoms with Crippen LogP contribution in [0.2, 0.25) is 11.6 Å². The fraction of sp³-hybridized carbons (Fsp3) is 0.500. The van der Waals surface area contributed by atoms with E-state index in [9.17, 15) is 4.79 Å². The number of hydrogen-bond acceptors (Lipinski definition) is 3. The molecule has 5 heteroatoms. The molecule has 0 unspecified atom stereocenters. The van der Waals surface area contributed by atoms with Crippen LogP contribution < -0.4 is 4.43 Å². The molecule has 0 radical (unpaired) electrons. The number of hydrogen-bond donors (Lipinski definition) is 0. The Morgan fingerprint density at radius 2 is 2.00 bits per heavy atom. The first-order chi connectivity index (χ1) is 8.81. The molecule has 0 amide bonds. The number of carbonyl (C=O) groups excluding carboxylic acids is 1. The predicted octanol–water partition coefficient (Wildman–Crippen LogP) is 4.17. The summed E-state index contributed by atoms with van der Waals surface area (Å²) in [5.41, 5.74) is 1.41. The normalized spacial score (nSPS) is 11.1. The van der Waals surface area contributed by atoms with Gasteiger partial charge in [-0.3, -0.25) is 0 Å². The Bertz CT molecular complexity index is 454. The summed E-state index contributed by atoms with van der Waals surface area (Å²) in [6, 6.07) is 5.49. The fourth-order valence-corrected chi connectivity index (χ4v) is 2.82. The van der Waals surface area contributed by atoms with E-state index in [1.54, 1.807) is 6.07 Å². The van der Waals surface area contributed by atoms with Crippen molar-refractivity contribution in [2.24, 2.45) is 0 Å². The second-order valence-electron chi connectivity index (χ2n) is 5.32. The van der Waals surface area contributed by atoms with Crippen molar-refractivity contribution in [2.75, 3.05) is 7.11 Å². The number of ether oxygens (including phenoxy) is 1. The molecule has 19 heavy (non-hydrogen) atoms. The van der Waals surface area contributed by atoms with Crippen molar-refractivity contribution in [3.63, 3.8) is 0 Å². The summed E-state index contributed by atoms with van der Waals surface area (Å²) < 4.78 is 10.9. The maximum atomic E-state index is 11.7. The van der Waals surface area contributed by atoms with Crippen molar-refractivity contribution in [3.05, 3.63) is 29.3 Å². The minimum atomic E-state index is -1.01. The second-order valence-corrected chi connectivity index (χ2v) is 8.69. The molecule has 0 aromatic heterocycles. The molecule has 1 aromatic rings. The Labute approximate surface area is 125 Å². The maximum absolute atomic E-state index is 11.7. The van der Waals surface area contributed by atoms with Gasteiger partial charge in [0.15, 0.2) is 5.75 Å². The van der Waals surface area contributed by atoms with Crippen LogP contribution in [0.5, 0.6) is 5.75 Å². The summed E-state index contributed by atoms with van der Waals surface area (Å²) in [6.45, 7) is 8.63. The van der Waals surface area contributed by atoms with Gasteiger partial charge in [0.25, 0.3) is 0 Å². The molecule has 1 rings (SSSR count). The third kappa shape index (κ3) is 4.08. The van der Waals surface area contributed by atoms with Crippen molar-refractivity contribution in [2.45, 2.75) is 37.7 Å². The molecule has 0 atom stereocenters. The summed E-state index contributed by atoms with van der Waals surface area (Å²) in [6.07, 6.45) is 0. The van der Waals surface area contributed by atoms with Crippen LogP contribution in [-0.2, 0) is 10.1 Å². The fourth-order valence-electron chi connectivity index (χ4n) is 1.42. The highest BCUT2D eigenvalue weighted by molar-refractivity contribution is 9.08. The Morgan fingerprint density at radius 1 is 1.37 bits per heavy atom. The lowest BCUT2D eigenvalue weighted by molar-refractivity contribution is 0.0599. The molecule has 3 nitrogen and oxygen atoms in total. The van der Waals surface area contributed by atoms with E-state index in [4.69, 9.17) is 9.16 Å². The van der Waals surface area contributed by atoms with Crippen molar-refractivity contribution in [1.82, 2.24) is 0 Å². The highest BCUT2D eigenvalue weighted by atomic mass is 79.9. The molecule has 0 spiro atoms. The second kappa shape index (κ2) is 6.57. The van der Waals surface area contributed by atoms with Gasteiger partial charge in [0.05, 0.1) is 19.2 Å². The Morgan fingerprint density at radius 3 is 2.47 bits per heavy atom. The lowest BCUT2D eigenvalue weighted by atomic mass is 10.1. The van der Waals surface area contributed by atoms with Gasteiger partial charge < -0.3 is 9.16 Å². The number of benzene rings is 1. The average Bonchev–Trinajstić information content (AvgIpc) is 2.36. The van der Waals surface area contributed by atoms with Gasteiger partial charge in [-0.1, -0.05) is 22.0 Å². The predicted molar refractivity (Wildman–Crippen MR) is 82.4 cm³/mol. The van der Waals surface area contributed by atoms with Gasteiger partial charge in [0, 0.05) is 10.9 Å². The molecule has 0 heterocycles. The van der Waals surface area contributed by atoms with Crippen LogP contribution in [0.4, 0.5) is 0 Å². The summed E-state index contributed by atoms with van der Waals surface area (Å²) in [7, 11) is 0.376. The van der Waals surface area contributed by atoms with Gasteiger partial charge in [-0.2, -0.15) is 0 Å². The first-order valence-electron chi connectivity index (χ1n) is 6.09. The van der Waals surface area contributed by atoms with Crippen LogP contribution in [0, 0.1) is 0 Å². The first kappa shape index (κ1) is 16.2. The molecular formula is C14H20BrO3Si+. The zero-order valence-electron chi connectivity index (χ0n) is 12.0. The van der Waals surface area contributed by atoms with Gasteiger partial charge >= 0.3 is 15.0 Å². The molecule has 1 aromatic carbocycles. The molecule has 0 aliphatic carbocycles. The van der Waals surface area contributed by atoms with Crippen molar-refractivity contribution < 1.29 is 14.0 Å². The number of rotatable bonds is 4. The summed E-state index contributed by atoms with van der Waals surface area (Å²) >= 11 is 3.42. The average molecular weight is 344 g/mol. The van der Waals surface area contributed by atoms with Gasteiger partial charge in [0.1, 0.15) is 5.04 Å². The maximum Gasteiger partial charge on any atom is 0.544 e. The Balaban J connectivity index is 3.12. The molecule has 0 N–H and O–H groups in total. The number of methoxy groups -OCH3 is 1. The third-order valence-corrected chi connectivity index (χ3v) is 6.19. The number of halogens is 1. The molecule has 104 valence electrons. The van der Waals surface area contributed by atoms with Gasteiger partial charge in [0.2, 0.25) is 0 Å². The van der Waals surface area contributed by atoms with Crippen LogP contribution in [0.15, 0.2) is 18.2 Å². The molecule has 0 saturated heterocycles. The molecular weight excluding hydrogens is 324 g/mol. The van der Waals surface area contributed by atoms with Crippen molar-refractivity contribution in [1.29, 1.82) is 0 Å². The smallest absolute Gasteiger partial charge is 0.465 e. The number of carbonyl (C=O) groups is 1. The standard InChI is InChI=1S/C14H20BrO3Si/c1-14(2,3)19(5)18-12-8-6-7-10(11(12)9-15)13(16)17-4/h6-8H,9H2,1-5H3/q+1. The number of esters is 1. The van der Waals surface area contributed by atoms with Gasteiger partial charge in [-0.25, -0.2) is 4.79 Å². The summed E-state index contributed by atoms with van der Waals surface area (Å²) in [5, 5.41) is 0.697. The molecule has 0 aliphatic heterocycles. The SMILES string of the molecule is COC(=O)c1cccc(O[Si+](C)C(C)(C)C)c1CBr. The zero-order valence-corrected chi connectivity index (χ0v) is 14.6. The number of alkyl halides is 1. The van der Waals surface area contributed by atoms with E-state index in [0.717, 1.165) is 11.3 Å². The third-order valence-electron chi connectivity index (χ3n) is 2.99.